The molecule has 4 heteroatoms. The van der Waals surface area contributed by atoms with E-state index in [1.54, 1.807) is 0 Å². The Labute approximate surface area is 133 Å². The van der Waals surface area contributed by atoms with E-state index in [1.807, 2.05) is 23.1 Å². The summed E-state index contributed by atoms with van der Waals surface area (Å²) < 4.78 is 0. The van der Waals surface area contributed by atoms with Crippen LogP contribution in [0.2, 0.25) is 0 Å². The standard InChI is InChI=1S/C18H28N2O2/c1-14(18(2,3)16-7-5-4-6-8-16)19-17(22)20-11-9-15(13-21)10-12-20/h4-8,14-15,21H,9-13H2,1-3H3,(H,19,22)/t14-/m1/s1. The molecule has 2 rings (SSSR count). The Bertz CT molecular complexity index is 479. The summed E-state index contributed by atoms with van der Waals surface area (Å²) in [5.74, 6) is 0.349. The van der Waals surface area contributed by atoms with E-state index in [1.165, 1.54) is 5.56 Å². The first-order valence-electron chi connectivity index (χ1n) is 8.17. The number of piperidine rings is 1. The molecular formula is C18H28N2O2. The van der Waals surface area contributed by atoms with Gasteiger partial charge in [0.05, 0.1) is 0 Å². The maximum Gasteiger partial charge on any atom is 0.317 e. The number of aliphatic hydroxyl groups is 1. The van der Waals surface area contributed by atoms with Crippen molar-refractivity contribution in [3.05, 3.63) is 35.9 Å². The van der Waals surface area contributed by atoms with Crippen LogP contribution in [0.15, 0.2) is 30.3 Å². The van der Waals surface area contributed by atoms with Gasteiger partial charge in [-0.3, -0.25) is 0 Å². The van der Waals surface area contributed by atoms with E-state index >= 15 is 0 Å². The summed E-state index contributed by atoms with van der Waals surface area (Å²) >= 11 is 0. The molecule has 1 atom stereocenters. The zero-order valence-corrected chi connectivity index (χ0v) is 13.9. The molecule has 1 fully saturated rings. The van der Waals surface area contributed by atoms with E-state index < -0.39 is 0 Å². The van der Waals surface area contributed by atoms with Crippen LogP contribution in [-0.2, 0) is 5.41 Å². The van der Waals surface area contributed by atoms with E-state index in [2.05, 4.69) is 38.2 Å². The van der Waals surface area contributed by atoms with Crippen LogP contribution in [0, 0.1) is 5.92 Å². The zero-order chi connectivity index (χ0) is 16.2. The zero-order valence-electron chi connectivity index (χ0n) is 13.9. The van der Waals surface area contributed by atoms with Crippen LogP contribution >= 0.6 is 0 Å². The number of carbonyl (C=O) groups is 1. The Hall–Kier alpha value is -1.55. The van der Waals surface area contributed by atoms with Crippen LogP contribution in [0.25, 0.3) is 0 Å². The molecule has 0 unspecified atom stereocenters. The third kappa shape index (κ3) is 3.80. The summed E-state index contributed by atoms with van der Waals surface area (Å²) in [5.41, 5.74) is 1.10. The molecule has 1 aromatic rings. The topological polar surface area (TPSA) is 52.6 Å². The fourth-order valence-electron chi connectivity index (χ4n) is 2.89. The summed E-state index contributed by atoms with van der Waals surface area (Å²) in [7, 11) is 0. The lowest BCUT2D eigenvalue weighted by Gasteiger charge is -2.36. The van der Waals surface area contributed by atoms with Gasteiger partial charge in [0.1, 0.15) is 0 Å². The number of amides is 2. The number of carbonyl (C=O) groups excluding carboxylic acids is 1. The predicted octanol–water partition coefficient (Wildman–Crippen LogP) is 2.77. The van der Waals surface area contributed by atoms with Gasteiger partial charge in [0.15, 0.2) is 0 Å². The molecule has 0 radical (unpaired) electrons. The van der Waals surface area contributed by atoms with Crippen molar-refractivity contribution in [1.82, 2.24) is 10.2 Å². The number of aliphatic hydroxyl groups excluding tert-OH is 1. The fraction of sp³-hybridized carbons (Fsp3) is 0.611. The quantitative estimate of drug-likeness (QED) is 0.898. The van der Waals surface area contributed by atoms with Crippen molar-refractivity contribution in [3.8, 4) is 0 Å². The van der Waals surface area contributed by atoms with E-state index in [0.29, 0.717) is 5.92 Å². The van der Waals surface area contributed by atoms with Crippen molar-refractivity contribution in [3.63, 3.8) is 0 Å². The molecule has 0 aliphatic carbocycles. The first-order chi connectivity index (χ1) is 10.4. The van der Waals surface area contributed by atoms with Crippen molar-refractivity contribution in [1.29, 1.82) is 0 Å². The van der Waals surface area contributed by atoms with Crippen LogP contribution in [0.1, 0.15) is 39.2 Å². The van der Waals surface area contributed by atoms with Gasteiger partial charge in [-0.05, 0) is 31.2 Å². The minimum absolute atomic E-state index is 0.00731. The molecule has 1 saturated heterocycles. The smallest absolute Gasteiger partial charge is 0.317 e. The molecule has 1 heterocycles. The van der Waals surface area contributed by atoms with Gasteiger partial charge in [0.25, 0.3) is 0 Å². The summed E-state index contributed by atoms with van der Waals surface area (Å²) in [6.45, 7) is 8.07. The van der Waals surface area contributed by atoms with Gasteiger partial charge in [0.2, 0.25) is 0 Å². The average molecular weight is 304 g/mol. The molecule has 0 spiro atoms. The Morgan fingerprint density at radius 2 is 1.91 bits per heavy atom. The molecule has 0 aromatic heterocycles. The first kappa shape index (κ1) is 16.8. The second-order valence-electron chi connectivity index (χ2n) is 6.87. The van der Waals surface area contributed by atoms with E-state index in [0.717, 1.165) is 25.9 Å². The molecule has 22 heavy (non-hydrogen) atoms. The lowest BCUT2D eigenvalue weighted by molar-refractivity contribution is 0.134. The number of hydrogen-bond acceptors (Lipinski definition) is 2. The Kier molecular flexibility index (Phi) is 5.46. The second kappa shape index (κ2) is 7.14. The van der Waals surface area contributed by atoms with Gasteiger partial charge in [-0.25, -0.2) is 4.79 Å². The normalized spacial score (nSPS) is 18.1. The molecule has 4 nitrogen and oxygen atoms in total. The highest BCUT2D eigenvalue weighted by Crippen LogP contribution is 2.27. The lowest BCUT2D eigenvalue weighted by atomic mass is 9.78. The number of benzene rings is 1. The van der Waals surface area contributed by atoms with Crippen LogP contribution in [0.5, 0.6) is 0 Å². The summed E-state index contributed by atoms with van der Waals surface area (Å²) in [4.78, 5) is 14.3. The van der Waals surface area contributed by atoms with Gasteiger partial charge in [0, 0.05) is 31.2 Å². The largest absolute Gasteiger partial charge is 0.396 e. The summed E-state index contributed by atoms with van der Waals surface area (Å²) in [6.07, 6.45) is 1.78. The molecule has 1 aliphatic heterocycles. The number of nitrogens with zero attached hydrogens (tertiary/aromatic N) is 1. The fourth-order valence-corrected chi connectivity index (χ4v) is 2.89. The number of rotatable bonds is 4. The molecule has 0 saturated carbocycles. The van der Waals surface area contributed by atoms with E-state index in [4.69, 9.17) is 0 Å². The predicted molar refractivity (Wildman–Crippen MR) is 88.8 cm³/mol. The molecule has 2 amide bonds. The number of nitrogens with one attached hydrogen (secondary N) is 1. The SMILES string of the molecule is C[C@@H](NC(=O)N1CCC(CO)CC1)C(C)(C)c1ccccc1. The minimum Gasteiger partial charge on any atom is -0.396 e. The van der Waals surface area contributed by atoms with Gasteiger partial charge >= 0.3 is 6.03 Å². The van der Waals surface area contributed by atoms with Crippen molar-refractivity contribution in [2.75, 3.05) is 19.7 Å². The highest BCUT2D eigenvalue weighted by molar-refractivity contribution is 5.74. The second-order valence-corrected chi connectivity index (χ2v) is 6.87. The molecule has 1 aliphatic rings. The van der Waals surface area contributed by atoms with Gasteiger partial charge in [-0.2, -0.15) is 0 Å². The maximum atomic E-state index is 12.4. The molecule has 2 N–H and O–H groups in total. The average Bonchev–Trinajstić information content (AvgIpc) is 2.55. The lowest BCUT2D eigenvalue weighted by Crippen LogP contribution is -2.52. The van der Waals surface area contributed by atoms with Crippen molar-refractivity contribution < 1.29 is 9.90 Å². The third-order valence-corrected chi connectivity index (χ3v) is 5.10. The van der Waals surface area contributed by atoms with Crippen LogP contribution in [-0.4, -0.2) is 41.8 Å². The number of hydrogen-bond donors (Lipinski definition) is 2. The highest BCUT2D eigenvalue weighted by Gasteiger charge is 2.31. The van der Waals surface area contributed by atoms with E-state index in [9.17, 15) is 9.90 Å². The van der Waals surface area contributed by atoms with E-state index in [-0.39, 0.29) is 24.1 Å². The number of urea groups is 1. The maximum absolute atomic E-state index is 12.4. The van der Waals surface area contributed by atoms with Gasteiger partial charge in [-0.15, -0.1) is 0 Å². The Morgan fingerprint density at radius 3 is 2.45 bits per heavy atom. The molecule has 0 bridgehead atoms. The Morgan fingerprint density at radius 1 is 1.32 bits per heavy atom. The first-order valence-corrected chi connectivity index (χ1v) is 8.17. The van der Waals surface area contributed by atoms with Crippen LogP contribution < -0.4 is 5.32 Å². The van der Waals surface area contributed by atoms with Gasteiger partial charge in [-0.1, -0.05) is 44.2 Å². The number of likely N-dealkylation sites (tertiary alicyclic amines) is 1. The van der Waals surface area contributed by atoms with Gasteiger partial charge < -0.3 is 15.3 Å². The van der Waals surface area contributed by atoms with Crippen LogP contribution in [0.3, 0.4) is 0 Å². The van der Waals surface area contributed by atoms with Crippen LogP contribution in [0.4, 0.5) is 4.79 Å². The van der Waals surface area contributed by atoms with Crippen molar-refractivity contribution in [2.24, 2.45) is 5.92 Å². The highest BCUT2D eigenvalue weighted by atomic mass is 16.3. The third-order valence-electron chi connectivity index (χ3n) is 5.10. The summed E-state index contributed by atoms with van der Waals surface area (Å²) in [5, 5.41) is 12.3. The minimum atomic E-state index is -0.125. The Balaban J connectivity index is 1.94. The van der Waals surface area contributed by atoms with Crippen molar-refractivity contribution >= 4 is 6.03 Å². The molecule has 1 aromatic carbocycles. The molecular weight excluding hydrogens is 276 g/mol. The van der Waals surface area contributed by atoms with Crippen molar-refractivity contribution in [2.45, 2.75) is 45.1 Å². The summed E-state index contributed by atoms with van der Waals surface area (Å²) in [6, 6.07) is 10.3. The monoisotopic (exact) mass is 304 g/mol. The molecule has 122 valence electrons.